The summed E-state index contributed by atoms with van der Waals surface area (Å²) >= 11 is 0. The van der Waals surface area contributed by atoms with Crippen molar-refractivity contribution < 1.29 is 14.7 Å². The zero-order valence-electron chi connectivity index (χ0n) is 16.5. The van der Waals surface area contributed by atoms with Crippen LogP contribution in [-0.2, 0) is 9.59 Å². The van der Waals surface area contributed by atoms with E-state index in [1.807, 2.05) is 27.7 Å². The van der Waals surface area contributed by atoms with E-state index in [1.54, 1.807) is 13.8 Å². The highest BCUT2D eigenvalue weighted by molar-refractivity contribution is 5.84. The van der Waals surface area contributed by atoms with E-state index >= 15 is 0 Å². The van der Waals surface area contributed by atoms with E-state index in [9.17, 15) is 14.7 Å². The number of rotatable bonds is 7. The van der Waals surface area contributed by atoms with Gasteiger partial charge in [-0.3, -0.25) is 9.59 Å². The molecule has 0 heterocycles. The Morgan fingerprint density at radius 2 is 1.52 bits per heavy atom. The summed E-state index contributed by atoms with van der Waals surface area (Å²) in [5, 5.41) is 12.3. The summed E-state index contributed by atoms with van der Waals surface area (Å²) in [6.07, 6.45) is 0.629. The summed E-state index contributed by atoms with van der Waals surface area (Å²) in [5.74, 6) is -0.128. The van der Waals surface area contributed by atoms with Crippen molar-refractivity contribution in [3.63, 3.8) is 0 Å². The molecule has 0 saturated heterocycles. The monoisotopic (exact) mass is 327 g/mol. The first-order valence-corrected chi connectivity index (χ1v) is 8.55. The minimum Gasteiger partial charge on any atom is -0.392 e. The Morgan fingerprint density at radius 3 is 1.83 bits per heavy atom. The maximum Gasteiger partial charge on any atom is 0.226 e. The van der Waals surface area contributed by atoms with E-state index in [4.69, 9.17) is 0 Å². The molecule has 2 N–H and O–H groups in total. The van der Waals surface area contributed by atoms with Gasteiger partial charge in [-0.1, -0.05) is 48.5 Å². The van der Waals surface area contributed by atoms with Crippen LogP contribution in [0.25, 0.3) is 0 Å². The number of aliphatic hydroxyl groups is 1. The van der Waals surface area contributed by atoms with Gasteiger partial charge >= 0.3 is 0 Å². The summed E-state index contributed by atoms with van der Waals surface area (Å²) in [4.78, 5) is 24.9. The van der Waals surface area contributed by atoms with Crippen LogP contribution in [0, 0.1) is 22.2 Å². The molecule has 1 amide bonds. The van der Waals surface area contributed by atoms with Gasteiger partial charge in [-0.2, -0.15) is 0 Å². The lowest BCUT2D eigenvalue weighted by atomic mass is 9.64. The summed E-state index contributed by atoms with van der Waals surface area (Å²) in [7, 11) is 0. The quantitative estimate of drug-likeness (QED) is 0.751. The van der Waals surface area contributed by atoms with Gasteiger partial charge in [-0.25, -0.2) is 0 Å². The van der Waals surface area contributed by atoms with Crippen molar-refractivity contribution in [3.05, 3.63) is 0 Å². The van der Waals surface area contributed by atoms with Crippen LogP contribution < -0.4 is 5.32 Å². The van der Waals surface area contributed by atoms with E-state index < -0.39 is 11.5 Å². The number of carbonyl (C=O) groups excluding carboxylic acids is 2. The highest BCUT2D eigenvalue weighted by Crippen LogP contribution is 2.43. The summed E-state index contributed by atoms with van der Waals surface area (Å²) < 4.78 is 0. The normalized spacial score (nSPS) is 18.0. The van der Waals surface area contributed by atoms with Crippen molar-refractivity contribution in [2.45, 2.75) is 81.3 Å². The average molecular weight is 328 g/mol. The minimum atomic E-state index is -0.642. The van der Waals surface area contributed by atoms with Crippen LogP contribution in [0.3, 0.4) is 0 Å². The van der Waals surface area contributed by atoms with Crippen LogP contribution in [0.1, 0.15) is 75.2 Å². The zero-order chi connectivity index (χ0) is 18.6. The van der Waals surface area contributed by atoms with Gasteiger partial charge < -0.3 is 10.4 Å². The van der Waals surface area contributed by atoms with Crippen LogP contribution in [0.15, 0.2) is 0 Å². The van der Waals surface area contributed by atoms with E-state index in [0.29, 0.717) is 12.8 Å². The molecule has 0 saturated carbocycles. The smallest absolute Gasteiger partial charge is 0.226 e. The van der Waals surface area contributed by atoms with Gasteiger partial charge in [0.25, 0.3) is 0 Å². The number of nitrogens with one attached hydrogen (secondary N) is 1. The molecule has 23 heavy (non-hydrogen) atoms. The Morgan fingerprint density at radius 1 is 1.04 bits per heavy atom. The van der Waals surface area contributed by atoms with Crippen LogP contribution in [0.2, 0.25) is 0 Å². The third kappa shape index (κ3) is 7.96. The molecule has 4 nitrogen and oxygen atoms in total. The van der Waals surface area contributed by atoms with Crippen molar-refractivity contribution in [2.75, 3.05) is 6.54 Å². The molecule has 0 aromatic heterocycles. The molecule has 0 aromatic rings. The van der Waals surface area contributed by atoms with Gasteiger partial charge in [0.15, 0.2) is 0 Å². The third-order valence-corrected chi connectivity index (χ3v) is 4.22. The molecule has 0 spiro atoms. The minimum absolute atomic E-state index is 0.0316. The molecule has 0 aliphatic heterocycles. The molecular formula is C19H37NO3. The van der Waals surface area contributed by atoms with E-state index in [-0.39, 0.29) is 35.0 Å². The fourth-order valence-corrected chi connectivity index (χ4v) is 3.38. The Balaban J connectivity index is 5.50. The number of ketones is 1. The topological polar surface area (TPSA) is 66.4 Å². The Kier molecular flexibility index (Phi) is 7.48. The predicted octanol–water partition coefficient (Wildman–Crippen LogP) is 3.57. The Hall–Kier alpha value is -0.900. The number of hydrogen-bond donors (Lipinski definition) is 2. The molecule has 3 unspecified atom stereocenters. The second-order valence-electron chi connectivity index (χ2n) is 9.59. The number of amides is 1. The molecule has 4 heteroatoms. The lowest BCUT2D eigenvalue weighted by molar-refractivity contribution is -0.136. The lowest BCUT2D eigenvalue weighted by Gasteiger charge is -2.40. The van der Waals surface area contributed by atoms with Crippen LogP contribution >= 0.6 is 0 Å². The molecule has 0 radical (unpaired) electrons. The van der Waals surface area contributed by atoms with Gasteiger partial charge in [-0.05, 0) is 37.5 Å². The Bertz CT molecular complexity index is 415. The first-order valence-electron chi connectivity index (χ1n) is 8.55. The van der Waals surface area contributed by atoms with E-state index in [1.165, 1.54) is 0 Å². The van der Waals surface area contributed by atoms with Crippen molar-refractivity contribution in [2.24, 2.45) is 22.2 Å². The number of aliphatic hydroxyl groups excluding tert-OH is 1. The summed E-state index contributed by atoms with van der Waals surface area (Å²) in [6, 6.07) is 0. The second-order valence-corrected chi connectivity index (χ2v) is 9.59. The summed E-state index contributed by atoms with van der Waals surface area (Å²) in [6.45, 7) is 17.9. The molecule has 3 atom stereocenters. The van der Waals surface area contributed by atoms with Crippen LogP contribution in [-0.4, -0.2) is 29.4 Å². The van der Waals surface area contributed by atoms with Gasteiger partial charge in [-0.15, -0.1) is 0 Å². The maximum absolute atomic E-state index is 12.8. The lowest BCUT2D eigenvalue weighted by Crippen LogP contribution is -2.46. The molecule has 0 aliphatic rings. The average Bonchev–Trinajstić information content (AvgIpc) is 2.28. The molecule has 0 fully saturated rings. The summed E-state index contributed by atoms with van der Waals surface area (Å²) in [5.41, 5.74) is -0.859. The Labute approximate surface area is 142 Å². The molecular weight excluding hydrogens is 290 g/mol. The predicted molar refractivity (Wildman–Crippen MR) is 95.1 cm³/mol. The number of Topliss-reactive ketones (excluding diaryl/α,β-unsaturated/α-hetero) is 1. The third-order valence-electron chi connectivity index (χ3n) is 4.22. The first-order chi connectivity index (χ1) is 10.1. The van der Waals surface area contributed by atoms with Crippen molar-refractivity contribution in [1.82, 2.24) is 5.32 Å². The largest absolute Gasteiger partial charge is 0.392 e. The highest BCUT2D eigenvalue weighted by atomic mass is 16.3. The van der Waals surface area contributed by atoms with Gasteiger partial charge in [0.2, 0.25) is 5.91 Å². The molecule has 0 aliphatic carbocycles. The SMILES string of the molecule is CC(=O)C(CC(C)(CC(C)(C)C)C(=O)NCC(C)O)C(C)(C)C. The maximum atomic E-state index is 12.8. The van der Waals surface area contributed by atoms with Crippen LogP contribution in [0.5, 0.6) is 0 Å². The highest BCUT2D eigenvalue weighted by Gasteiger charge is 2.43. The van der Waals surface area contributed by atoms with Crippen molar-refractivity contribution >= 4 is 11.7 Å². The standard InChI is InChI=1S/C19H37NO3/c1-13(21)11-20-16(23)19(9,12-17(3,4)5)10-15(14(2)22)18(6,7)8/h13,15,21H,10-12H2,1-9H3,(H,20,23). The number of hydrogen-bond acceptors (Lipinski definition) is 3. The molecule has 136 valence electrons. The fourth-order valence-electron chi connectivity index (χ4n) is 3.38. The molecule has 0 rings (SSSR count). The second kappa shape index (κ2) is 7.78. The van der Waals surface area contributed by atoms with Gasteiger partial charge in [0.05, 0.1) is 6.10 Å². The molecule has 0 bridgehead atoms. The first kappa shape index (κ1) is 22.1. The molecule has 0 aromatic carbocycles. The van der Waals surface area contributed by atoms with Gasteiger partial charge in [0.1, 0.15) is 5.78 Å². The van der Waals surface area contributed by atoms with E-state index in [0.717, 1.165) is 0 Å². The van der Waals surface area contributed by atoms with E-state index in [2.05, 4.69) is 26.1 Å². The zero-order valence-corrected chi connectivity index (χ0v) is 16.5. The van der Waals surface area contributed by atoms with Crippen molar-refractivity contribution in [1.29, 1.82) is 0 Å². The van der Waals surface area contributed by atoms with Crippen molar-refractivity contribution in [3.8, 4) is 0 Å². The fraction of sp³-hybridized carbons (Fsp3) is 0.895. The van der Waals surface area contributed by atoms with Crippen LogP contribution in [0.4, 0.5) is 0 Å². The van der Waals surface area contributed by atoms with Gasteiger partial charge in [0, 0.05) is 17.9 Å². The number of carbonyl (C=O) groups is 2.